The third kappa shape index (κ3) is 3.91. The standard InChI is InChI=1S/2C11H14FNO3/c2*1-2-16-10(15)11-4-3-9(14)13(11)7-8(5-11)6-12/h2*6H,2-5,7H2,1H3/b8-6-;/t2*11-/m00/s1. The largest absolute Gasteiger partial charge is 0.464 e. The summed E-state index contributed by atoms with van der Waals surface area (Å²) in [4.78, 5) is 49.9. The Kier molecular flexibility index (Phi) is 7.00. The lowest BCUT2D eigenvalue weighted by Crippen LogP contribution is -2.48. The van der Waals surface area contributed by atoms with Crippen molar-refractivity contribution in [2.45, 2.75) is 63.5 Å². The molecule has 0 saturated carbocycles. The van der Waals surface area contributed by atoms with Gasteiger partial charge in [-0.1, -0.05) is 0 Å². The van der Waals surface area contributed by atoms with Crippen LogP contribution in [0.25, 0.3) is 0 Å². The third-order valence-corrected chi connectivity index (χ3v) is 6.52. The van der Waals surface area contributed by atoms with E-state index in [0.29, 0.717) is 49.5 Å². The Hall–Kier alpha value is -2.78. The molecule has 0 aromatic heterocycles. The summed E-state index contributed by atoms with van der Waals surface area (Å²) in [6, 6.07) is 0. The highest BCUT2D eigenvalue weighted by Gasteiger charge is 2.57. The molecule has 8 nitrogen and oxygen atoms in total. The van der Waals surface area contributed by atoms with E-state index in [0.717, 1.165) is 0 Å². The third-order valence-electron chi connectivity index (χ3n) is 6.52. The van der Waals surface area contributed by atoms with Crippen LogP contribution in [0.5, 0.6) is 0 Å². The summed E-state index contributed by atoms with van der Waals surface area (Å²) in [5, 5.41) is 0. The molecule has 0 spiro atoms. The predicted octanol–water partition coefficient (Wildman–Crippen LogP) is 2.34. The van der Waals surface area contributed by atoms with Gasteiger partial charge in [0.1, 0.15) is 11.1 Å². The van der Waals surface area contributed by atoms with Crippen LogP contribution in [0.3, 0.4) is 0 Å². The summed E-state index contributed by atoms with van der Waals surface area (Å²) in [7, 11) is 0. The van der Waals surface area contributed by atoms with E-state index in [9.17, 15) is 28.0 Å². The van der Waals surface area contributed by atoms with E-state index in [4.69, 9.17) is 9.47 Å². The normalized spacial score (nSPS) is 31.0. The second-order valence-electron chi connectivity index (χ2n) is 8.35. The average Bonchev–Trinajstić information content (AvgIpc) is 3.50. The van der Waals surface area contributed by atoms with Gasteiger partial charge < -0.3 is 19.3 Å². The van der Waals surface area contributed by atoms with Gasteiger partial charge in [-0.05, 0) is 37.8 Å². The summed E-state index contributed by atoms with van der Waals surface area (Å²) in [6.07, 6.45) is 3.09. The topological polar surface area (TPSA) is 93.2 Å². The molecule has 0 aromatic carbocycles. The summed E-state index contributed by atoms with van der Waals surface area (Å²) < 4.78 is 35.0. The number of nitrogens with zero attached hydrogens (tertiary/aromatic N) is 2. The van der Waals surface area contributed by atoms with Crippen molar-refractivity contribution < 1.29 is 37.4 Å². The molecule has 10 heteroatoms. The minimum atomic E-state index is -0.926. The minimum Gasteiger partial charge on any atom is -0.464 e. The van der Waals surface area contributed by atoms with Crippen molar-refractivity contribution in [1.82, 2.24) is 9.80 Å². The number of halogens is 2. The van der Waals surface area contributed by atoms with Crippen molar-refractivity contribution in [3.63, 3.8) is 0 Å². The summed E-state index contributed by atoms with van der Waals surface area (Å²) in [5.74, 6) is -0.995. The first-order valence-corrected chi connectivity index (χ1v) is 10.8. The van der Waals surface area contributed by atoms with Crippen LogP contribution >= 0.6 is 0 Å². The number of hydrogen-bond donors (Lipinski definition) is 0. The number of rotatable bonds is 4. The zero-order valence-corrected chi connectivity index (χ0v) is 18.3. The molecule has 0 aromatic rings. The maximum Gasteiger partial charge on any atom is 0.332 e. The van der Waals surface area contributed by atoms with Crippen molar-refractivity contribution in [3.8, 4) is 0 Å². The molecule has 0 bridgehead atoms. The molecule has 4 rings (SSSR count). The highest BCUT2D eigenvalue weighted by atomic mass is 19.1. The maximum atomic E-state index is 12.5. The van der Waals surface area contributed by atoms with E-state index in [1.807, 2.05) is 0 Å². The minimum absolute atomic E-state index is 0.0927. The zero-order valence-electron chi connectivity index (χ0n) is 18.3. The second-order valence-corrected chi connectivity index (χ2v) is 8.35. The maximum absolute atomic E-state index is 12.5. The van der Waals surface area contributed by atoms with Crippen molar-refractivity contribution >= 4 is 23.8 Å². The molecule has 0 radical (unpaired) electrons. The number of fused-ring (bicyclic) bond motifs is 2. The molecule has 0 aliphatic carbocycles. The number of amides is 2. The monoisotopic (exact) mass is 454 g/mol. The number of carbonyl (C=O) groups excluding carboxylic acids is 4. The molecule has 4 saturated heterocycles. The van der Waals surface area contributed by atoms with Crippen molar-refractivity contribution in [1.29, 1.82) is 0 Å². The molecule has 2 atom stereocenters. The average molecular weight is 454 g/mol. The van der Waals surface area contributed by atoms with Gasteiger partial charge in [-0.25, -0.2) is 18.4 Å². The van der Waals surface area contributed by atoms with Crippen molar-refractivity contribution in [3.05, 3.63) is 23.8 Å². The summed E-state index contributed by atoms with van der Waals surface area (Å²) in [6.45, 7) is 4.42. The van der Waals surface area contributed by atoms with Gasteiger partial charge in [0.2, 0.25) is 11.8 Å². The Morgan fingerprint density at radius 1 is 0.844 bits per heavy atom. The van der Waals surface area contributed by atoms with Gasteiger partial charge in [0.25, 0.3) is 0 Å². The van der Waals surface area contributed by atoms with Crippen LogP contribution in [0, 0.1) is 0 Å². The van der Waals surface area contributed by atoms with Crippen LogP contribution in [-0.2, 0) is 28.7 Å². The molecule has 4 fully saturated rings. The van der Waals surface area contributed by atoms with Crippen molar-refractivity contribution in [2.75, 3.05) is 26.3 Å². The number of carbonyl (C=O) groups is 4. The SMILES string of the molecule is CCOC(=O)[C@@]12CCC(=O)N1C/C(=C\F)C2.CCOC(=O)[C@@]12CCC(=O)N1CC(=CF)C2. The highest BCUT2D eigenvalue weighted by Crippen LogP contribution is 2.44. The predicted molar refractivity (Wildman–Crippen MR) is 108 cm³/mol. The molecule has 2 amide bonds. The fourth-order valence-corrected chi connectivity index (χ4v) is 5.01. The van der Waals surface area contributed by atoms with Gasteiger partial charge in [-0.15, -0.1) is 0 Å². The summed E-state index contributed by atoms with van der Waals surface area (Å²) >= 11 is 0. The fourth-order valence-electron chi connectivity index (χ4n) is 5.01. The van der Waals surface area contributed by atoms with E-state index < -0.39 is 23.0 Å². The first kappa shape index (κ1) is 23.9. The Balaban J connectivity index is 0.000000181. The van der Waals surface area contributed by atoms with Gasteiger partial charge in [-0.2, -0.15) is 0 Å². The summed E-state index contributed by atoms with van der Waals surface area (Å²) in [5.41, 5.74) is -0.877. The van der Waals surface area contributed by atoms with Gasteiger partial charge in [0, 0.05) is 38.8 Å². The quantitative estimate of drug-likeness (QED) is 0.606. The Morgan fingerprint density at radius 3 is 1.53 bits per heavy atom. The van der Waals surface area contributed by atoms with E-state index in [-0.39, 0.29) is 51.0 Å². The first-order chi connectivity index (χ1) is 15.3. The molecule has 4 heterocycles. The number of hydrogen-bond acceptors (Lipinski definition) is 6. The molecule has 4 aliphatic rings. The van der Waals surface area contributed by atoms with Crippen LogP contribution in [0.15, 0.2) is 23.8 Å². The van der Waals surface area contributed by atoms with Crippen LogP contribution < -0.4 is 0 Å². The number of ether oxygens (including phenoxy) is 2. The first-order valence-electron chi connectivity index (χ1n) is 10.8. The van der Waals surface area contributed by atoms with Crippen LogP contribution in [-0.4, -0.2) is 70.9 Å². The van der Waals surface area contributed by atoms with Crippen LogP contribution in [0.2, 0.25) is 0 Å². The molecule has 4 aliphatic heterocycles. The van der Waals surface area contributed by atoms with Crippen LogP contribution in [0.4, 0.5) is 8.78 Å². The molecule has 32 heavy (non-hydrogen) atoms. The van der Waals surface area contributed by atoms with E-state index >= 15 is 0 Å². The molecule has 0 N–H and O–H groups in total. The van der Waals surface area contributed by atoms with E-state index in [2.05, 4.69) is 0 Å². The van der Waals surface area contributed by atoms with Gasteiger partial charge in [0.05, 0.1) is 25.9 Å². The lowest BCUT2D eigenvalue weighted by molar-refractivity contribution is -0.157. The Morgan fingerprint density at radius 2 is 1.22 bits per heavy atom. The fraction of sp³-hybridized carbons (Fsp3) is 0.636. The Bertz CT molecular complexity index is 802. The zero-order chi connectivity index (χ0) is 23.5. The van der Waals surface area contributed by atoms with Gasteiger partial charge in [-0.3, -0.25) is 9.59 Å². The van der Waals surface area contributed by atoms with Crippen molar-refractivity contribution in [2.24, 2.45) is 0 Å². The van der Waals surface area contributed by atoms with Gasteiger partial charge >= 0.3 is 11.9 Å². The smallest absolute Gasteiger partial charge is 0.332 e. The van der Waals surface area contributed by atoms with Gasteiger partial charge in [0.15, 0.2) is 0 Å². The molecule has 0 unspecified atom stereocenters. The van der Waals surface area contributed by atoms with E-state index in [1.165, 1.54) is 9.80 Å². The second kappa shape index (κ2) is 9.38. The molecular weight excluding hydrogens is 426 g/mol. The highest BCUT2D eigenvalue weighted by molar-refractivity contribution is 5.94. The lowest BCUT2D eigenvalue weighted by atomic mass is 9.93. The number of esters is 2. The lowest BCUT2D eigenvalue weighted by Gasteiger charge is -2.28. The van der Waals surface area contributed by atoms with E-state index in [1.54, 1.807) is 13.8 Å². The molecular formula is C22H28F2N2O6. The van der Waals surface area contributed by atoms with Crippen LogP contribution in [0.1, 0.15) is 52.4 Å². The molecule has 176 valence electrons. The Labute approximate surface area is 185 Å².